The molecule has 0 N–H and O–H groups in total. The predicted octanol–water partition coefficient (Wildman–Crippen LogP) is 1.01. The Kier molecular flexibility index (Phi) is 1.99. The molecule has 0 saturated heterocycles. The molecule has 2 heterocycles. The molecule has 5 heteroatoms. The summed E-state index contributed by atoms with van der Waals surface area (Å²) in [6.45, 7) is 0. The van der Waals surface area contributed by atoms with Crippen LogP contribution in [0.3, 0.4) is 0 Å². The van der Waals surface area contributed by atoms with Crippen LogP contribution in [0.1, 0.15) is 0 Å². The summed E-state index contributed by atoms with van der Waals surface area (Å²) >= 11 is 0. The van der Waals surface area contributed by atoms with E-state index in [0.29, 0.717) is 11.4 Å². The summed E-state index contributed by atoms with van der Waals surface area (Å²) in [4.78, 5) is 18.9. The van der Waals surface area contributed by atoms with E-state index in [9.17, 15) is 9.18 Å². The molecule has 4 nitrogen and oxygen atoms in total. The Morgan fingerprint density at radius 1 is 1.64 bits per heavy atom. The van der Waals surface area contributed by atoms with Crippen molar-refractivity contribution in [3.8, 4) is 0 Å². The molecule has 0 saturated carbocycles. The monoisotopic (exact) mass is 194 g/mol. The number of ether oxygens (including phenoxy) is 1. The maximum absolute atomic E-state index is 13.3. The van der Waals surface area contributed by atoms with Gasteiger partial charge in [0.1, 0.15) is 11.7 Å². The summed E-state index contributed by atoms with van der Waals surface area (Å²) in [6, 6.07) is 0. The predicted molar refractivity (Wildman–Crippen MR) is 48.7 cm³/mol. The number of carbonyl (C=O) groups is 1. The Labute approximate surface area is 79.5 Å². The lowest BCUT2D eigenvalue weighted by atomic mass is 9.96. The van der Waals surface area contributed by atoms with Gasteiger partial charge >= 0.3 is 5.97 Å². The summed E-state index contributed by atoms with van der Waals surface area (Å²) < 4.78 is 17.8. The van der Waals surface area contributed by atoms with Gasteiger partial charge in [-0.3, -0.25) is 4.79 Å². The van der Waals surface area contributed by atoms with Crippen LogP contribution >= 0.6 is 0 Å². The molecule has 0 aromatic rings. The van der Waals surface area contributed by atoms with Crippen molar-refractivity contribution in [1.82, 2.24) is 0 Å². The van der Waals surface area contributed by atoms with Crippen molar-refractivity contribution in [2.75, 3.05) is 7.11 Å². The number of aliphatic imine (C=N–C) groups is 2. The molecular weight excluding hydrogens is 187 g/mol. The lowest BCUT2D eigenvalue weighted by Gasteiger charge is -2.16. The molecule has 0 bridgehead atoms. The molecule has 72 valence electrons. The zero-order valence-corrected chi connectivity index (χ0v) is 7.40. The number of fused-ring (bicyclic) bond motifs is 1. The third-order valence-electron chi connectivity index (χ3n) is 2.04. The normalized spacial score (nSPS) is 23.6. The van der Waals surface area contributed by atoms with Crippen LogP contribution in [0.2, 0.25) is 0 Å². The van der Waals surface area contributed by atoms with Crippen molar-refractivity contribution in [2.24, 2.45) is 15.9 Å². The van der Waals surface area contributed by atoms with Crippen LogP contribution in [0.25, 0.3) is 0 Å². The lowest BCUT2D eigenvalue weighted by Crippen LogP contribution is -2.24. The topological polar surface area (TPSA) is 51.0 Å². The van der Waals surface area contributed by atoms with Crippen LogP contribution < -0.4 is 0 Å². The highest BCUT2D eigenvalue weighted by atomic mass is 19.1. The molecule has 0 aliphatic carbocycles. The number of hydrogen-bond donors (Lipinski definition) is 0. The van der Waals surface area contributed by atoms with E-state index in [4.69, 9.17) is 0 Å². The molecule has 0 aromatic carbocycles. The van der Waals surface area contributed by atoms with Gasteiger partial charge in [-0.15, -0.1) is 0 Å². The number of carbonyl (C=O) groups excluding carboxylic acids is 1. The van der Waals surface area contributed by atoms with Crippen LogP contribution in [0.5, 0.6) is 0 Å². The first-order valence-electron chi connectivity index (χ1n) is 4.00. The molecule has 2 rings (SSSR count). The van der Waals surface area contributed by atoms with Gasteiger partial charge < -0.3 is 4.74 Å². The average molecular weight is 194 g/mol. The van der Waals surface area contributed by atoms with E-state index in [1.807, 2.05) is 0 Å². The van der Waals surface area contributed by atoms with E-state index < -0.39 is 17.7 Å². The van der Waals surface area contributed by atoms with Crippen molar-refractivity contribution >= 4 is 18.0 Å². The number of allylic oxidation sites excluding steroid dienone is 1. The first-order chi connectivity index (χ1) is 6.74. The van der Waals surface area contributed by atoms with Gasteiger partial charge in [0.15, 0.2) is 5.84 Å². The molecule has 2 aliphatic rings. The summed E-state index contributed by atoms with van der Waals surface area (Å²) in [5.41, 5.74) is 0.455. The molecule has 0 unspecified atom stereocenters. The quantitative estimate of drug-likeness (QED) is 0.585. The molecule has 1 atom stereocenters. The largest absolute Gasteiger partial charge is 0.468 e. The smallest absolute Gasteiger partial charge is 0.320 e. The Hall–Kier alpha value is -1.78. The molecule has 0 spiro atoms. The molecular formula is C9H7FN2O2. The summed E-state index contributed by atoms with van der Waals surface area (Å²) in [5.74, 6) is -1.88. The first-order valence-corrected chi connectivity index (χ1v) is 4.00. The van der Waals surface area contributed by atoms with Gasteiger partial charge in [0.05, 0.1) is 13.3 Å². The zero-order valence-electron chi connectivity index (χ0n) is 7.40. The van der Waals surface area contributed by atoms with Crippen LogP contribution in [-0.4, -0.2) is 25.1 Å². The van der Waals surface area contributed by atoms with E-state index in [-0.39, 0.29) is 0 Å². The minimum atomic E-state index is -1.00. The Balaban J connectivity index is 2.39. The lowest BCUT2D eigenvalue weighted by molar-refractivity contribution is -0.143. The van der Waals surface area contributed by atoms with Gasteiger partial charge in [-0.2, -0.15) is 0 Å². The summed E-state index contributed by atoms with van der Waals surface area (Å²) in [6.07, 6.45) is 4.04. The third kappa shape index (κ3) is 1.17. The van der Waals surface area contributed by atoms with Crippen LogP contribution in [0, 0.1) is 5.92 Å². The highest BCUT2D eigenvalue weighted by Gasteiger charge is 2.34. The van der Waals surface area contributed by atoms with Gasteiger partial charge in [-0.25, -0.2) is 14.4 Å². The summed E-state index contributed by atoms with van der Waals surface area (Å²) in [5, 5.41) is 0. The number of hydrogen-bond acceptors (Lipinski definition) is 4. The number of methoxy groups -OCH3 is 1. The third-order valence-corrected chi connectivity index (χ3v) is 2.04. The van der Waals surface area contributed by atoms with E-state index in [1.54, 1.807) is 6.08 Å². The Bertz CT molecular complexity index is 407. The van der Waals surface area contributed by atoms with Crippen LogP contribution in [0.4, 0.5) is 4.39 Å². The number of halogens is 1. The van der Waals surface area contributed by atoms with Crippen molar-refractivity contribution in [2.45, 2.75) is 0 Å². The number of nitrogens with zero attached hydrogens (tertiary/aromatic N) is 2. The number of esters is 1. The minimum absolute atomic E-state index is 0.377. The molecule has 0 fully saturated rings. The Morgan fingerprint density at radius 2 is 2.43 bits per heavy atom. The molecule has 14 heavy (non-hydrogen) atoms. The summed E-state index contributed by atoms with van der Waals surface area (Å²) in [7, 11) is 1.22. The SMILES string of the molecule is COC(=O)[C@H]1C(F)=CN=C2N=CC=C21. The fraction of sp³-hybridized carbons (Fsp3) is 0.222. The fourth-order valence-electron chi connectivity index (χ4n) is 1.37. The fourth-order valence-corrected chi connectivity index (χ4v) is 1.37. The second-order valence-electron chi connectivity index (χ2n) is 2.82. The minimum Gasteiger partial charge on any atom is -0.468 e. The highest BCUT2D eigenvalue weighted by molar-refractivity contribution is 6.15. The van der Waals surface area contributed by atoms with E-state index in [1.165, 1.54) is 13.3 Å². The second-order valence-corrected chi connectivity index (χ2v) is 2.82. The van der Waals surface area contributed by atoms with Crippen molar-refractivity contribution in [1.29, 1.82) is 0 Å². The first kappa shape index (κ1) is 8.80. The maximum Gasteiger partial charge on any atom is 0.320 e. The second kappa shape index (κ2) is 3.17. The highest BCUT2D eigenvalue weighted by Crippen LogP contribution is 2.30. The standard InChI is InChI=1S/C9H7FN2O2/c1-14-9(13)7-5-2-3-11-8(5)12-4-6(7)10/h2-4,7H,1H3/t7-/m1/s1. The van der Waals surface area contributed by atoms with Crippen LogP contribution in [-0.2, 0) is 9.53 Å². The van der Waals surface area contributed by atoms with Gasteiger partial charge in [-0.1, -0.05) is 0 Å². The van der Waals surface area contributed by atoms with Gasteiger partial charge in [-0.05, 0) is 6.08 Å². The van der Waals surface area contributed by atoms with Crippen molar-refractivity contribution < 1.29 is 13.9 Å². The average Bonchev–Trinajstić information content (AvgIpc) is 2.64. The van der Waals surface area contributed by atoms with Crippen molar-refractivity contribution in [3.63, 3.8) is 0 Å². The van der Waals surface area contributed by atoms with E-state index in [2.05, 4.69) is 14.7 Å². The van der Waals surface area contributed by atoms with Crippen LogP contribution in [0.15, 0.2) is 33.7 Å². The maximum atomic E-state index is 13.3. The van der Waals surface area contributed by atoms with Gasteiger partial charge in [0.2, 0.25) is 0 Å². The zero-order chi connectivity index (χ0) is 10.1. The Morgan fingerprint density at radius 3 is 3.14 bits per heavy atom. The molecule has 0 radical (unpaired) electrons. The van der Waals surface area contributed by atoms with Gasteiger partial charge in [0, 0.05) is 11.8 Å². The van der Waals surface area contributed by atoms with Crippen molar-refractivity contribution in [3.05, 3.63) is 23.7 Å². The number of rotatable bonds is 1. The van der Waals surface area contributed by atoms with Gasteiger partial charge in [0.25, 0.3) is 0 Å². The molecule has 0 aromatic heterocycles. The van der Waals surface area contributed by atoms with E-state index >= 15 is 0 Å². The van der Waals surface area contributed by atoms with E-state index in [0.717, 1.165) is 6.20 Å². The molecule has 0 amide bonds. The molecule has 2 aliphatic heterocycles. The number of amidine groups is 1.